The van der Waals surface area contributed by atoms with Crippen molar-refractivity contribution in [1.82, 2.24) is 8.80 Å². The Balaban J connectivity index is 1.56. The van der Waals surface area contributed by atoms with E-state index in [1.54, 1.807) is 0 Å². The van der Waals surface area contributed by atoms with Crippen molar-refractivity contribution in [2.45, 2.75) is 0 Å². The fraction of sp³-hybridized carbons (Fsp3) is 0. The predicted molar refractivity (Wildman–Crippen MR) is 167 cm³/mol. The highest BCUT2D eigenvalue weighted by molar-refractivity contribution is 6.33. The summed E-state index contributed by atoms with van der Waals surface area (Å²) in [6, 6.07) is 42.7. The summed E-state index contributed by atoms with van der Waals surface area (Å²) in [5.41, 5.74) is 9.98. The molecular formula is C37H20N2O. The highest BCUT2D eigenvalue weighted by Gasteiger charge is 2.27. The number of rotatable bonds is 2. The number of hydrogen-bond donors (Lipinski definition) is 0. The summed E-state index contributed by atoms with van der Waals surface area (Å²) >= 11 is 0. The van der Waals surface area contributed by atoms with Crippen molar-refractivity contribution in [3.63, 3.8) is 0 Å². The molecule has 0 bridgehead atoms. The van der Waals surface area contributed by atoms with Crippen molar-refractivity contribution in [2.75, 3.05) is 0 Å². The first-order chi connectivity index (χ1) is 19.8. The van der Waals surface area contributed by atoms with E-state index in [-0.39, 0.29) is 5.56 Å². The van der Waals surface area contributed by atoms with Crippen LogP contribution in [-0.4, -0.2) is 8.80 Å². The number of nitrogens with zero attached hydrogens (tertiary/aromatic N) is 2. The first kappa shape index (κ1) is 20.5. The molecule has 4 heterocycles. The monoisotopic (exact) mass is 508 g/mol. The molecule has 0 saturated carbocycles. The van der Waals surface area contributed by atoms with Crippen LogP contribution in [0, 0.1) is 0 Å². The lowest BCUT2D eigenvalue weighted by Crippen LogP contribution is -2.09. The van der Waals surface area contributed by atoms with Gasteiger partial charge < -0.3 is 4.40 Å². The summed E-state index contributed by atoms with van der Waals surface area (Å²) in [6.45, 7) is 0. The van der Waals surface area contributed by atoms with Crippen LogP contribution < -0.4 is 5.56 Å². The van der Waals surface area contributed by atoms with Crippen LogP contribution >= 0.6 is 0 Å². The van der Waals surface area contributed by atoms with Crippen LogP contribution in [0.15, 0.2) is 126 Å². The first-order valence-corrected chi connectivity index (χ1v) is 13.7. The van der Waals surface area contributed by atoms with Crippen molar-refractivity contribution in [2.24, 2.45) is 0 Å². The molecule has 4 aromatic heterocycles. The molecule has 0 unspecified atom stereocenters. The zero-order valence-electron chi connectivity index (χ0n) is 21.3. The molecule has 0 atom stereocenters. The average Bonchev–Trinajstić information content (AvgIpc) is 3.63. The van der Waals surface area contributed by atoms with E-state index in [9.17, 15) is 4.79 Å². The van der Waals surface area contributed by atoms with Gasteiger partial charge in [0.25, 0.3) is 5.56 Å². The Labute approximate surface area is 227 Å². The third-order valence-electron chi connectivity index (χ3n) is 8.95. The lowest BCUT2D eigenvalue weighted by atomic mass is 9.95. The third-order valence-corrected chi connectivity index (χ3v) is 8.95. The highest BCUT2D eigenvalue weighted by atomic mass is 16.1. The van der Waals surface area contributed by atoms with Crippen LogP contribution in [-0.2, 0) is 0 Å². The van der Waals surface area contributed by atoms with Gasteiger partial charge >= 0.3 is 0 Å². The van der Waals surface area contributed by atoms with Gasteiger partial charge in [-0.1, -0.05) is 97.1 Å². The quantitative estimate of drug-likeness (QED) is 0.229. The first-order valence-electron chi connectivity index (χ1n) is 13.7. The van der Waals surface area contributed by atoms with Crippen molar-refractivity contribution < 1.29 is 0 Å². The number of fused-ring (bicyclic) bond motifs is 5. The minimum Gasteiger partial charge on any atom is -0.305 e. The van der Waals surface area contributed by atoms with Gasteiger partial charge in [-0.3, -0.25) is 9.20 Å². The van der Waals surface area contributed by atoms with Crippen LogP contribution in [0.25, 0.3) is 87.5 Å². The van der Waals surface area contributed by atoms with E-state index in [0.717, 1.165) is 49.2 Å². The molecule has 10 aromatic rings. The molecule has 0 aliphatic rings. The maximum Gasteiger partial charge on any atom is 0.265 e. The summed E-state index contributed by atoms with van der Waals surface area (Å²) < 4.78 is 4.37. The summed E-state index contributed by atoms with van der Waals surface area (Å²) in [4.78, 5) is 14.5. The van der Waals surface area contributed by atoms with Gasteiger partial charge in [0, 0.05) is 32.3 Å². The molecule has 3 heteroatoms. The maximum atomic E-state index is 14.5. The minimum atomic E-state index is 0.0303. The fourth-order valence-electron chi connectivity index (χ4n) is 7.35. The highest BCUT2D eigenvalue weighted by Crippen LogP contribution is 2.48. The van der Waals surface area contributed by atoms with E-state index in [1.165, 1.54) is 38.4 Å². The largest absolute Gasteiger partial charge is 0.305 e. The second-order valence-corrected chi connectivity index (χ2v) is 10.9. The zero-order chi connectivity index (χ0) is 26.1. The zero-order valence-corrected chi connectivity index (χ0v) is 21.3. The molecule has 184 valence electrons. The van der Waals surface area contributed by atoms with Gasteiger partial charge in [0.2, 0.25) is 0 Å². The Morgan fingerprint density at radius 2 is 1.05 bits per heavy atom. The van der Waals surface area contributed by atoms with Gasteiger partial charge in [0.05, 0.1) is 33.0 Å². The lowest BCUT2D eigenvalue weighted by Gasteiger charge is -2.08. The predicted octanol–water partition coefficient (Wildman–Crippen LogP) is 8.97. The molecule has 0 radical (unpaired) electrons. The normalized spacial score (nSPS) is 12.6. The number of benzene rings is 6. The molecule has 0 aliphatic carbocycles. The summed E-state index contributed by atoms with van der Waals surface area (Å²) in [7, 11) is 0. The van der Waals surface area contributed by atoms with Gasteiger partial charge in [-0.2, -0.15) is 0 Å². The molecular weight excluding hydrogens is 488 g/mol. The number of aromatic nitrogens is 2. The molecule has 10 rings (SSSR count). The van der Waals surface area contributed by atoms with Crippen molar-refractivity contribution in [3.8, 4) is 22.3 Å². The summed E-state index contributed by atoms with van der Waals surface area (Å²) in [5.74, 6) is 0. The van der Waals surface area contributed by atoms with E-state index in [4.69, 9.17) is 0 Å². The molecule has 6 aromatic carbocycles. The lowest BCUT2D eigenvalue weighted by molar-refractivity contribution is 1.22. The molecule has 40 heavy (non-hydrogen) atoms. The van der Waals surface area contributed by atoms with Crippen molar-refractivity contribution >= 4 is 65.3 Å². The number of para-hydroxylation sites is 2. The van der Waals surface area contributed by atoms with E-state index in [2.05, 4.69) is 108 Å². The van der Waals surface area contributed by atoms with Gasteiger partial charge in [-0.15, -0.1) is 0 Å². The summed E-state index contributed by atoms with van der Waals surface area (Å²) in [6.07, 6.45) is 0. The van der Waals surface area contributed by atoms with Crippen LogP contribution in [0.2, 0.25) is 0 Å². The van der Waals surface area contributed by atoms with Gasteiger partial charge in [0.1, 0.15) is 0 Å². The van der Waals surface area contributed by atoms with E-state index >= 15 is 0 Å². The third kappa shape index (κ3) is 2.27. The van der Waals surface area contributed by atoms with E-state index in [1.807, 2.05) is 22.6 Å². The van der Waals surface area contributed by atoms with Crippen LogP contribution in [0.1, 0.15) is 0 Å². The number of hydrogen-bond acceptors (Lipinski definition) is 1. The topological polar surface area (TPSA) is 25.9 Å². The maximum absolute atomic E-state index is 14.5. The Kier molecular flexibility index (Phi) is 3.57. The van der Waals surface area contributed by atoms with Crippen LogP contribution in [0.4, 0.5) is 0 Å². The average molecular weight is 509 g/mol. The minimum absolute atomic E-state index is 0.0303. The van der Waals surface area contributed by atoms with Crippen LogP contribution in [0.5, 0.6) is 0 Å². The molecule has 3 nitrogen and oxygen atoms in total. The van der Waals surface area contributed by atoms with Crippen molar-refractivity contribution in [3.05, 3.63) is 132 Å². The van der Waals surface area contributed by atoms with Gasteiger partial charge in [0.15, 0.2) is 0 Å². The standard InChI is InChI=1S/C37H20N2O/c40-37-27-16-8-14-25-24-13-7-15-26-32-28(22-11-5-2-6-12-22)20-30-29-19-23(21-9-3-1-4-10-21)17-18-31(29)38(37)35(30)36(32)39(33(24)26)34(25)27/h1-20H. The Morgan fingerprint density at radius 1 is 0.400 bits per heavy atom. The molecule has 0 amide bonds. The van der Waals surface area contributed by atoms with Gasteiger partial charge in [-0.25, -0.2) is 0 Å². The van der Waals surface area contributed by atoms with Gasteiger partial charge in [-0.05, 0) is 46.5 Å². The molecule has 0 spiro atoms. The Bertz CT molecular complexity index is 2640. The SMILES string of the molecule is O=c1c2cccc3c4cccc5c6c(-c7ccccc7)cc7c8cc(-c9ccccc9)ccc8n1c7c6n(c23)c45. The second-order valence-electron chi connectivity index (χ2n) is 10.9. The van der Waals surface area contributed by atoms with Crippen molar-refractivity contribution in [1.29, 1.82) is 0 Å². The van der Waals surface area contributed by atoms with Crippen LogP contribution in [0.3, 0.4) is 0 Å². The molecule has 0 saturated heterocycles. The summed E-state index contributed by atoms with van der Waals surface area (Å²) in [5, 5.41) is 7.71. The molecule has 0 aliphatic heterocycles. The second kappa shape index (κ2) is 6.96. The molecule has 0 N–H and O–H groups in total. The molecule has 0 fully saturated rings. The smallest absolute Gasteiger partial charge is 0.265 e. The van der Waals surface area contributed by atoms with E-state index < -0.39 is 0 Å². The Morgan fingerprint density at radius 3 is 1.80 bits per heavy atom. The fourth-order valence-corrected chi connectivity index (χ4v) is 7.35. The Hall–Kier alpha value is -5.41. The van der Waals surface area contributed by atoms with E-state index in [0.29, 0.717) is 0 Å².